The number of hydrogen-bond donors (Lipinski definition) is 1. The van der Waals surface area contributed by atoms with Gasteiger partial charge in [0.15, 0.2) is 0 Å². The first-order valence-electron chi connectivity index (χ1n) is 28.1. The summed E-state index contributed by atoms with van der Waals surface area (Å²) in [5, 5.41) is 11.4. The zero-order chi connectivity index (χ0) is 54.3. The molecule has 404 valence electrons. The number of benzene rings is 2. The summed E-state index contributed by atoms with van der Waals surface area (Å²) >= 11 is 0. The van der Waals surface area contributed by atoms with Crippen molar-refractivity contribution in [3.05, 3.63) is 136 Å². The molecular formula is C65H99N9. The minimum Gasteiger partial charge on any atom is -0.364 e. The van der Waals surface area contributed by atoms with Crippen LogP contribution in [0.2, 0.25) is 0 Å². The Morgan fingerprint density at radius 2 is 1.12 bits per heavy atom. The van der Waals surface area contributed by atoms with Gasteiger partial charge in [0, 0.05) is 84.9 Å². The lowest BCUT2D eigenvalue weighted by Crippen LogP contribution is -2.45. The molecule has 11 rings (SSSR count). The number of likely N-dealkylation sites (tertiary alicyclic amines) is 1. The van der Waals surface area contributed by atoms with E-state index in [0.717, 1.165) is 32.7 Å². The highest BCUT2D eigenvalue weighted by atomic mass is 15.3. The Balaban J connectivity index is 0.000000145. The van der Waals surface area contributed by atoms with Crippen LogP contribution < -0.4 is 0 Å². The Morgan fingerprint density at radius 1 is 0.500 bits per heavy atom. The second-order valence-corrected chi connectivity index (χ2v) is 27.4. The molecule has 9 heterocycles. The molecule has 0 radical (unpaired) electrons. The molecule has 0 atom stereocenters. The van der Waals surface area contributed by atoms with E-state index in [4.69, 9.17) is 0 Å². The van der Waals surface area contributed by atoms with Crippen molar-refractivity contribution in [3.8, 4) is 0 Å². The summed E-state index contributed by atoms with van der Waals surface area (Å²) < 4.78 is 4.07. The Morgan fingerprint density at radius 3 is 1.74 bits per heavy atom. The van der Waals surface area contributed by atoms with Crippen LogP contribution in [0.3, 0.4) is 0 Å². The molecule has 4 aromatic heterocycles. The van der Waals surface area contributed by atoms with Crippen molar-refractivity contribution in [1.29, 1.82) is 0 Å². The van der Waals surface area contributed by atoms with Crippen LogP contribution in [0, 0.1) is 0 Å². The van der Waals surface area contributed by atoms with Crippen LogP contribution in [0.4, 0.5) is 0 Å². The molecule has 0 unspecified atom stereocenters. The normalized spacial score (nSPS) is 17.4. The summed E-state index contributed by atoms with van der Waals surface area (Å²) in [5.74, 6) is 0. The van der Waals surface area contributed by atoms with E-state index >= 15 is 0 Å². The minimum absolute atomic E-state index is 0.170. The van der Waals surface area contributed by atoms with Crippen molar-refractivity contribution < 1.29 is 0 Å². The molecule has 0 bridgehead atoms. The van der Waals surface area contributed by atoms with Crippen LogP contribution in [-0.4, -0.2) is 94.6 Å². The summed E-state index contributed by atoms with van der Waals surface area (Å²) in [6.45, 7) is 49.9. The van der Waals surface area contributed by atoms with Crippen LogP contribution >= 0.6 is 0 Å². The standard InChI is InChI=1S/C14H16.C11H18N2.C11H14N2.2C10H16N2.C9H19N/c1-14(2,3)13-10-6-8-11-7-4-5-9-12(11)13;1-11(2,3)13-5-4-9-6-12-7-10(9)8-13;1-11(2,3)9-8-12-13-7-5-4-6-10(9)13;1-10(2,3)12-6-8-4-5-11-9(8)7-12;1-10(2,3)8-7-11-12-6-4-5-9(8)12;1-9(2,3)10-7-5-4-6-8-10/h4-10H,1-3H3;7H,4-6,8H2,1-3H3;4-8H,1-3H3;4-5,11H,6-7H2,1-3H3;7H,4-6H2,1-3H3;4-8H2,1-3H3. The average Bonchev–Trinajstić information content (AvgIpc) is 4.18. The molecule has 0 saturated carbocycles. The van der Waals surface area contributed by atoms with Crippen LogP contribution in [-0.2, 0) is 42.3 Å². The molecule has 0 aliphatic carbocycles. The van der Waals surface area contributed by atoms with Crippen LogP contribution in [0.15, 0.2) is 108 Å². The predicted molar refractivity (Wildman–Crippen MR) is 317 cm³/mol. The van der Waals surface area contributed by atoms with Crippen molar-refractivity contribution in [2.75, 3.05) is 32.7 Å². The monoisotopic (exact) mass is 1010 g/mol. The molecule has 5 aliphatic rings. The van der Waals surface area contributed by atoms with E-state index in [1.54, 1.807) is 5.57 Å². The van der Waals surface area contributed by atoms with Gasteiger partial charge in [0.1, 0.15) is 0 Å². The number of piperidine rings is 1. The van der Waals surface area contributed by atoms with Gasteiger partial charge in [0.2, 0.25) is 0 Å². The number of nitrogens with one attached hydrogen (secondary N) is 1. The van der Waals surface area contributed by atoms with Gasteiger partial charge < -0.3 is 4.98 Å². The smallest absolute Gasteiger partial charge is 0.0698 e. The van der Waals surface area contributed by atoms with Gasteiger partial charge in [0.25, 0.3) is 0 Å². The Labute approximate surface area is 449 Å². The van der Waals surface area contributed by atoms with E-state index in [1.807, 2.05) is 41.4 Å². The molecular weight excluding hydrogens is 907 g/mol. The van der Waals surface area contributed by atoms with E-state index in [9.17, 15) is 0 Å². The fourth-order valence-corrected chi connectivity index (χ4v) is 10.5. The number of pyridine rings is 1. The molecule has 0 spiro atoms. The number of aromatic nitrogens is 5. The minimum atomic E-state index is 0.170. The summed E-state index contributed by atoms with van der Waals surface area (Å²) in [4.78, 5) is 15.2. The van der Waals surface area contributed by atoms with Crippen molar-refractivity contribution >= 4 is 22.5 Å². The number of fused-ring (bicyclic) bond motifs is 4. The molecule has 9 nitrogen and oxygen atoms in total. The number of aromatic amines is 1. The molecule has 9 heteroatoms. The Hall–Kier alpha value is -4.83. The quantitative estimate of drug-likeness (QED) is 0.164. The van der Waals surface area contributed by atoms with Gasteiger partial charge in [-0.1, -0.05) is 117 Å². The van der Waals surface area contributed by atoms with Gasteiger partial charge in [-0.3, -0.25) is 24.4 Å². The zero-order valence-corrected chi connectivity index (χ0v) is 49.7. The molecule has 74 heavy (non-hydrogen) atoms. The second kappa shape index (κ2) is 24.0. The van der Waals surface area contributed by atoms with Gasteiger partial charge in [-0.25, -0.2) is 4.52 Å². The van der Waals surface area contributed by atoms with E-state index in [2.05, 4.69) is 225 Å². The zero-order valence-electron chi connectivity index (χ0n) is 49.7. The molecule has 0 amide bonds. The van der Waals surface area contributed by atoms with Crippen LogP contribution in [0.1, 0.15) is 190 Å². The van der Waals surface area contributed by atoms with Gasteiger partial charge in [-0.05, 0) is 181 Å². The van der Waals surface area contributed by atoms with Crippen molar-refractivity contribution in [3.63, 3.8) is 0 Å². The first-order chi connectivity index (χ1) is 34.5. The van der Waals surface area contributed by atoms with E-state index in [0.29, 0.717) is 16.6 Å². The summed E-state index contributed by atoms with van der Waals surface area (Å²) in [6, 6.07) is 23.4. The summed E-state index contributed by atoms with van der Waals surface area (Å²) in [5.41, 5.74) is 14.4. The van der Waals surface area contributed by atoms with Gasteiger partial charge >= 0.3 is 0 Å². The average molecular weight is 1010 g/mol. The molecule has 1 saturated heterocycles. The Kier molecular flexibility index (Phi) is 19.0. The van der Waals surface area contributed by atoms with Crippen LogP contribution in [0.5, 0.6) is 0 Å². The second-order valence-electron chi connectivity index (χ2n) is 27.4. The SMILES string of the molecule is CC(C)(C)N1CCC2=C(C=NC2)C1.CC(C)(C)N1CCCCC1.CC(C)(C)N1Cc2cc[nH]c2C1.CC(C)(C)c1cccc2ccccc12.CC(C)(C)c1cnn2c1CCC2.CC(C)(C)c1cnn2ccccc12. The number of hydrogen-bond acceptors (Lipinski definition) is 6. The van der Waals surface area contributed by atoms with Gasteiger partial charge in [-0.2, -0.15) is 10.2 Å². The maximum absolute atomic E-state index is 4.38. The third-order valence-corrected chi connectivity index (χ3v) is 15.2. The summed E-state index contributed by atoms with van der Waals surface area (Å²) in [6.07, 6.45) is 18.0. The first kappa shape index (κ1) is 58.4. The van der Waals surface area contributed by atoms with E-state index in [-0.39, 0.29) is 16.2 Å². The maximum atomic E-state index is 4.38. The van der Waals surface area contributed by atoms with Crippen LogP contribution in [0.25, 0.3) is 16.3 Å². The molecule has 6 aromatic rings. The highest BCUT2D eigenvalue weighted by Crippen LogP contribution is 2.32. The van der Waals surface area contributed by atoms with Crippen molar-refractivity contribution in [1.82, 2.24) is 39.1 Å². The lowest BCUT2D eigenvalue weighted by atomic mass is 9.84. The van der Waals surface area contributed by atoms with E-state index < -0.39 is 0 Å². The van der Waals surface area contributed by atoms with E-state index in [1.165, 1.54) is 114 Å². The summed E-state index contributed by atoms with van der Waals surface area (Å²) in [7, 11) is 0. The number of rotatable bonds is 0. The highest BCUT2D eigenvalue weighted by Gasteiger charge is 2.30. The predicted octanol–water partition coefficient (Wildman–Crippen LogP) is 15.2. The number of H-pyrrole nitrogens is 1. The van der Waals surface area contributed by atoms with Gasteiger partial charge in [-0.15, -0.1) is 0 Å². The van der Waals surface area contributed by atoms with Crippen molar-refractivity contribution in [2.24, 2.45) is 4.99 Å². The highest BCUT2D eigenvalue weighted by molar-refractivity contribution is 5.86. The molecule has 5 aliphatic heterocycles. The topological polar surface area (TPSA) is 73.0 Å². The maximum Gasteiger partial charge on any atom is 0.0698 e. The molecule has 1 N–H and O–H groups in total. The lowest BCUT2D eigenvalue weighted by Gasteiger charge is -2.38. The van der Waals surface area contributed by atoms with Gasteiger partial charge in [0.05, 0.1) is 24.5 Å². The fourth-order valence-electron chi connectivity index (χ4n) is 10.5. The number of aryl methyl sites for hydroxylation is 1. The first-order valence-corrected chi connectivity index (χ1v) is 28.1. The fraction of sp³-hybridized carbons (Fsp3) is 0.585. The largest absolute Gasteiger partial charge is 0.364 e. The third kappa shape index (κ3) is 15.9. The Bertz CT molecular complexity index is 2740. The molecule has 1 fully saturated rings. The van der Waals surface area contributed by atoms with Crippen molar-refractivity contribution in [2.45, 2.75) is 216 Å². The third-order valence-electron chi connectivity index (χ3n) is 15.2. The molecule has 2 aromatic carbocycles. The lowest BCUT2D eigenvalue weighted by molar-refractivity contribution is 0.111. The number of nitrogens with zero attached hydrogens (tertiary/aromatic N) is 8. The number of aliphatic imine (C=N–C) groups is 1.